The Balaban J connectivity index is 1.60. The maximum atomic E-state index is 11.9. The molecule has 0 aromatic carbocycles. The van der Waals surface area contributed by atoms with Crippen molar-refractivity contribution < 1.29 is 13.9 Å². The van der Waals surface area contributed by atoms with Gasteiger partial charge in [-0.15, -0.1) is 0 Å². The minimum absolute atomic E-state index is 0.222. The molecule has 3 rings (SSSR count). The molecule has 0 bridgehead atoms. The number of aromatic nitrogens is 2. The van der Waals surface area contributed by atoms with Gasteiger partial charge in [-0.3, -0.25) is 9.48 Å². The van der Waals surface area contributed by atoms with Gasteiger partial charge >= 0.3 is 0 Å². The lowest BCUT2D eigenvalue weighted by molar-refractivity contribution is 0.0940. The summed E-state index contributed by atoms with van der Waals surface area (Å²) >= 11 is 3.16. The van der Waals surface area contributed by atoms with E-state index in [-0.39, 0.29) is 17.8 Å². The Bertz CT molecular complexity index is 602. The van der Waals surface area contributed by atoms with Gasteiger partial charge in [0.25, 0.3) is 5.91 Å². The largest absolute Gasteiger partial charge is 0.444 e. The van der Waals surface area contributed by atoms with E-state index in [4.69, 9.17) is 9.15 Å². The average Bonchev–Trinajstić information content (AvgIpc) is 3.13. The van der Waals surface area contributed by atoms with Crippen LogP contribution in [0, 0.1) is 0 Å². The van der Waals surface area contributed by atoms with Crippen LogP contribution in [0.3, 0.4) is 0 Å². The highest BCUT2D eigenvalue weighted by Crippen LogP contribution is 2.17. The maximum Gasteiger partial charge on any atom is 0.291 e. The smallest absolute Gasteiger partial charge is 0.291 e. The Hall–Kier alpha value is -1.60. The molecular formula is C13H14BrN3O3. The van der Waals surface area contributed by atoms with Crippen LogP contribution in [0.1, 0.15) is 23.4 Å². The predicted molar refractivity (Wildman–Crippen MR) is 75.6 cm³/mol. The fourth-order valence-electron chi connectivity index (χ4n) is 2.15. The minimum atomic E-state index is -0.299. The van der Waals surface area contributed by atoms with Gasteiger partial charge in [-0.1, -0.05) is 0 Å². The van der Waals surface area contributed by atoms with Crippen molar-refractivity contribution in [2.24, 2.45) is 0 Å². The van der Waals surface area contributed by atoms with Crippen LogP contribution >= 0.6 is 15.9 Å². The molecule has 1 amide bonds. The molecule has 1 saturated heterocycles. The van der Waals surface area contributed by atoms with Crippen LogP contribution in [0.2, 0.25) is 0 Å². The molecule has 1 aliphatic rings. The van der Waals surface area contributed by atoms with E-state index in [1.165, 1.54) is 0 Å². The second-order valence-electron chi connectivity index (χ2n) is 4.64. The summed E-state index contributed by atoms with van der Waals surface area (Å²) in [5.41, 5.74) is 0.639. The number of ether oxygens (including phenoxy) is 1. The molecule has 0 radical (unpaired) electrons. The molecule has 0 saturated carbocycles. The van der Waals surface area contributed by atoms with Crippen molar-refractivity contribution >= 4 is 27.5 Å². The average molecular weight is 340 g/mol. The lowest BCUT2D eigenvalue weighted by atomic mass is 10.2. The summed E-state index contributed by atoms with van der Waals surface area (Å²) in [7, 11) is 0. The topological polar surface area (TPSA) is 69.3 Å². The van der Waals surface area contributed by atoms with E-state index in [1.807, 2.05) is 0 Å². The van der Waals surface area contributed by atoms with Gasteiger partial charge in [0, 0.05) is 12.8 Å². The lowest BCUT2D eigenvalue weighted by Gasteiger charge is -2.08. The quantitative estimate of drug-likeness (QED) is 0.929. The van der Waals surface area contributed by atoms with Gasteiger partial charge in [-0.05, 0) is 40.9 Å². The van der Waals surface area contributed by atoms with Crippen LogP contribution in [0.25, 0.3) is 0 Å². The van der Waals surface area contributed by atoms with E-state index in [1.54, 1.807) is 29.2 Å². The highest BCUT2D eigenvalue weighted by atomic mass is 79.9. The van der Waals surface area contributed by atoms with Crippen LogP contribution in [-0.2, 0) is 11.3 Å². The first-order chi connectivity index (χ1) is 9.70. The molecule has 2 aromatic heterocycles. The number of nitrogens with one attached hydrogen (secondary N) is 1. The number of anilines is 1. The van der Waals surface area contributed by atoms with Gasteiger partial charge in [0.2, 0.25) is 0 Å². The van der Waals surface area contributed by atoms with Crippen LogP contribution in [0.4, 0.5) is 5.69 Å². The number of hydrogen-bond donors (Lipinski definition) is 1. The minimum Gasteiger partial charge on any atom is -0.444 e. The van der Waals surface area contributed by atoms with Gasteiger partial charge < -0.3 is 14.5 Å². The summed E-state index contributed by atoms with van der Waals surface area (Å²) in [6, 6.07) is 3.28. The molecule has 1 unspecified atom stereocenters. The molecule has 3 heterocycles. The fourth-order valence-corrected chi connectivity index (χ4v) is 2.46. The molecule has 0 spiro atoms. The van der Waals surface area contributed by atoms with Crippen molar-refractivity contribution in [3.63, 3.8) is 0 Å². The molecular weight excluding hydrogens is 326 g/mol. The van der Waals surface area contributed by atoms with Gasteiger partial charge in [-0.25, -0.2) is 0 Å². The maximum absolute atomic E-state index is 11.9. The van der Waals surface area contributed by atoms with Crippen molar-refractivity contribution in [2.75, 3.05) is 11.9 Å². The normalized spacial score (nSPS) is 18.4. The van der Waals surface area contributed by atoms with Gasteiger partial charge in [-0.2, -0.15) is 5.10 Å². The van der Waals surface area contributed by atoms with Crippen molar-refractivity contribution in [3.05, 3.63) is 35.0 Å². The molecule has 1 fully saturated rings. The number of rotatable bonds is 4. The van der Waals surface area contributed by atoms with Gasteiger partial charge in [0.05, 0.1) is 24.5 Å². The molecule has 0 aliphatic carbocycles. The summed E-state index contributed by atoms with van der Waals surface area (Å²) in [4.78, 5) is 11.9. The Morgan fingerprint density at radius 3 is 3.15 bits per heavy atom. The van der Waals surface area contributed by atoms with Gasteiger partial charge in [0.15, 0.2) is 10.4 Å². The zero-order valence-electron chi connectivity index (χ0n) is 10.7. The number of carbonyl (C=O) groups excluding carboxylic acids is 1. The third kappa shape index (κ3) is 3.10. The molecule has 1 aliphatic heterocycles. The number of carbonyl (C=O) groups is 1. The third-order valence-electron chi connectivity index (χ3n) is 3.10. The number of amides is 1. The highest BCUT2D eigenvalue weighted by Gasteiger charge is 2.17. The first kappa shape index (κ1) is 13.4. The molecule has 1 atom stereocenters. The monoisotopic (exact) mass is 339 g/mol. The number of nitrogens with zero attached hydrogens (tertiary/aromatic N) is 2. The zero-order valence-corrected chi connectivity index (χ0v) is 12.3. The van der Waals surface area contributed by atoms with E-state index < -0.39 is 0 Å². The number of halogens is 1. The Morgan fingerprint density at radius 1 is 1.55 bits per heavy atom. The summed E-state index contributed by atoms with van der Waals surface area (Å²) in [5, 5.41) is 6.95. The Morgan fingerprint density at radius 2 is 2.45 bits per heavy atom. The van der Waals surface area contributed by atoms with E-state index in [2.05, 4.69) is 26.3 Å². The highest BCUT2D eigenvalue weighted by molar-refractivity contribution is 9.10. The standard InChI is InChI=1S/C13H14BrN3O3/c14-12-4-3-11(20-12)13(18)16-9-6-15-17(7-9)8-10-2-1-5-19-10/h3-4,6-7,10H,1-2,5,8H2,(H,16,18). The molecule has 6 nitrogen and oxygen atoms in total. The van der Waals surface area contributed by atoms with Crippen LogP contribution in [-0.4, -0.2) is 28.4 Å². The van der Waals surface area contributed by atoms with Crippen molar-refractivity contribution in [3.8, 4) is 0 Å². The molecule has 7 heteroatoms. The molecule has 20 heavy (non-hydrogen) atoms. The summed E-state index contributed by atoms with van der Waals surface area (Å²) < 4.78 is 13.0. The molecule has 1 N–H and O–H groups in total. The first-order valence-corrected chi connectivity index (χ1v) is 7.21. The van der Waals surface area contributed by atoms with Crippen molar-refractivity contribution in [1.29, 1.82) is 0 Å². The van der Waals surface area contributed by atoms with E-state index in [0.29, 0.717) is 16.9 Å². The fraction of sp³-hybridized carbons (Fsp3) is 0.385. The Labute approximate surface area is 124 Å². The SMILES string of the molecule is O=C(Nc1cnn(CC2CCCO2)c1)c1ccc(Br)o1. The predicted octanol–water partition coefficient (Wildman–Crippen LogP) is 2.67. The second kappa shape index (κ2) is 5.80. The third-order valence-corrected chi connectivity index (χ3v) is 3.53. The van der Waals surface area contributed by atoms with Crippen LogP contribution in [0.15, 0.2) is 33.6 Å². The van der Waals surface area contributed by atoms with Crippen LogP contribution in [0.5, 0.6) is 0 Å². The molecule has 2 aromatic rings. The summed E-state index contributed by atoms with van der Waals surface area (Å²) in [5.74, 6) is -0.0453. The molecule has 106 valence electrons. The first-order valence-electron chi connectivity index (χ1n) is 6.41. The van der Waals surface area contributed by atoms with Gasteiger partial charge in [0.1, 0.15) is 0 Å². The van der Waals surface area contributed by atoms with E-state index >= 15 is 0 Å². The van der Waals surface area contributed by atoms with Crippen LogP contribution < -0.4 is 5.32 Å². The van der Waals surface area contributed by atoms with Crippen molar-refractivity contribution in [1.82, 2.24) is 9.78 Å². The zero-order chi connectivity index (χ0) is 13.9. The number of furan rings is 1. The van der Waals surface area contributed by atoms with Crippen molar-refractivity contribution in [2.45, 2.75) is 25.5 Å². The van der Waals surface area contributed by atoms with E-state index in [9.17, 15) is 4.79 Å². The lowest BCUT2D eigenvalue weighted by Crippen LogP contribution is -2.15. The second-order valence-corrected chi connectivity index (χ2v) is 5.43. The summed E-state index contributed by atoms with van der Waals surface area (Å²) in [6.45, 7) is 1.53. The Kier molecular flexibility index (Phi) is 3.88. The number of hydrogen-bond acceptors (Lipinski definition) is 4. The summed E-state index contributed by atoms with van der Waals surface area (Å²) in [6.07, 6.45) is 5.78. The van der Waals surface area contributed by atoms with E-state index in [0.717, 1.165) is 19.4 Å².